The van der Waals surface area contributed by atoms with E-state index in [0.29, 0.717) is 24.4 Å². The van der Waals surface area contributed by atoms with Gasteiger partial charge in [-0.05, 0) is 55.8 Å². The molecule has 3 amide bonds. The summed E-state index contributed by atoms with van der Waals surface area (Å²) in [6.07, 6.45) is -4.49. The van der Waals surface area contributed by atoms with Crippen molar-refractivity contribution in [3.05, 3.63) is 82.3 Å². The van der Waals surface area contributed by atoms with E-state index in [1.807, 2.05) is 11.8 Å². The number of nitrogens with zero attached hydrogens (tertiary/aromatic N) is 3. The summed E-state index contributed by atoms with van der Waals surface area (Å²) in [7, 11) is 1.53. The molecule has 2 aliphatic heterocycles. The quantitative estimate of drug-likeness (QED) is 0.422. The van der Waals surface area contributed by atoms with Crippen molar-refractivity contribution in [3.63, 3.8) is 0 Å². The third-order valence-corrected chi connectivity index (χ3v) is 7.06. The fourth-order valence-corrected chi connectivity index (χ4v) is 4.99. The summed E-state index contributed by atoms with van der Waals surface area (Å²) in [6, 6.07) is 8.03. The molecule has 1 N–H and O–H groups in total. The van der Waals surface area contributed by atoms with Gasteiger partial charge in [0.05, 0.1) is 23.8 Å². The van der Waals surface area contributed by atoms with E-state index in [9.17, 15) is 31.9 Å². The molecule has 214 valence electrons. The monoisotopic (exact) mass is 562 g/mol. The highest BCUT2D eigenvalue weighted by molar-refractivity contribution is 5.95. The molecule has 0 spiro atoms. The van der Waals surface area contributed by atoms with Crippen molar-refractivity contribution in [3.8, 4) is 0 Å². The summed E-state index contributed by atoms with van der Waals surface area (Å²) in [4.78, 5) is 44.0. The van der Waals surface area contributed by atoms with E-state index in [0.717, 1.165) is 12.1 Å². The lowest BCUT2D eigenvalue weighted by atomic mass is 9.94. The van der Waals surface area contributed by atoms with E-state index in [4.69, 9.17) is 4.74 Å². The molecule has 0 unspecified atom stereocenters. The highest BCUT2D eigenvalue weighted by atomic mass is 19.4. The zero-order chi connectivity index (χ0) is 29.2. The van der Waals surface area contributed by atoms with Crippen molar-refractivity contribution >= 4 is 17.9 Å². The molecule has 0 bridgehead atoms. The number of urea groups is 1. The Kier molecular flexibility index (Phi) is 8.48. The van der Waals surface area contributed by atoms with Crippen LogP contribution in [0.15, 0.2) is 59.8 Å². The summed E-state index contributed by atoms with van der Waals surface area (Å²) in [5.41, 5.74) is 0.297. The summed E-state index contributed by atoms with van der Waals surface area (Å²) >= 11 is 0. The first-order valence-corrected chi connectivity index (χ1v) is 12.8. The minimum Gasteiger partial charge on any atom is -0.463 e. The van der Waals surface area contributed by atoms with Gasteiger partial charge in [0.2, 0.25) is 0 Å². The SMILES string of the molecule is CCOC(=O)C1=C(CN2CCN(C(=O)c3ccc(C(F)(F)F)cc3)[C@H](C)C2)N(C)C(=O)N[C@@H]1c1cccc(F)c1. The third kappa shape index (κ3) is 6.11. The molecule has 2 heterocycles. The maximum absolute atomic E-state index is 14.0. The number of benzene rings is 2. The van der Waals surface area contributed by atoms with Crippen LogP contribution in [0.2, 0.25) is 0 Å². The second-order valence-electron chi connectivity index (χ2n) is 9.74. The van der Waals surface area contributed by atoms with Crippen molar-refractivity contribution in [1.29, 1.82) is 0 Å². The number of carbonyl (C=O) groups is 3. The number of amides is 3. The predicted molar refractivity (Wildman–Crippen MR) is 137 cm³/mol. The van der Waals surface area contributed by atoms with Crippen LogP contribution in [0.4, 0.5) is 22.4 Å². The van der Waals surface area contributed by atoms with Crippen LogP contribution in [0, 0.1) is 5.82 Å². The summed E-state index contributed by atoms with van der Waals surface area (Å²) in [5, 5.41) is 2.75. The molecule has 12 heteroatoms. The van der Waals surface area contributed by atoms with Gasteiger partial charge in [-0.3, -0.25) is 14.6 Å². The number of likely N-dealkylation sites (N-methyl/N-ethyl adjacent to an activating group) is 1. The maximum atomic E-state index is 14.0. The number of esters is 1. The number of nitrogens with one attached hydrogen (secondary N) is 1. The molecule has 0 radical (unpaired) electrons. The van der Waals surface area contributed by atoms with Crippen molar-refractivity contribution in [2.24, 2.45) is 0 Å². The minimum absolute atomic E-state index is 0.102. The summed E-state index contributed by atoms with van der Waals surface area (Å²) in [5.74, 6) is -1.53. The zero-order valence-electron chi connectivity index (χ0n) is 22.3. The maximum Gasteiger partial charge on any atom is 0.416 e. The first kappa shape index (κ1) is 29.1. The highest BCUT2D eigenvalue weighted by Crippen LogP contribution is 2.33. The van der Waals surface area contributed by atoms with Crippen molar-refractivity contribution in [2.45, 2.75) is 32.1 Å². The van der Waals surface area contributed by atoms with Gasteiger partial charge in [0, 0.05) is 50.5 Å². The highest BCUT2D eigenvalue weighted by Gasteiger charge is 2.39. The first-order chi connectivity index (χ1) is 18.9. The third-order valence-electron chi connectivity index (χ3n) is 7.06. The Morgan fingerprint density at radius 2 is 1.80 bits per heavy atom. The molecule has 4 rings (SSSR count). The van der Waals surface area contributed by atoms with Gasteiger partial charge in [-0.25, -0.2) is 14.0 Å². The Bertz CT molecular complexity index is 1310. The van der Waals surface area contributed by atoms with Gasteiger partial charge in [-0.1, -0.05) is 12.1 Å². The smallest absolute Gasteiger partial charge is 0.416 e. The Hall–Kier alpha value is -3.93. The van der Waals surface area contributed by atoms with Crippen molar-refractivity contribution in [2.75, 3.05) is 39.8 Å². The number of alkyl halides is 3. The van der Waals surface area contributed by atoms with E-state index >= 15 is 0 Å². The van der Waals surface area contributed by atoms with Crippen molar-refractivity contribution < 1.29 is 36.7 Å². The van der Waals surface area contributed by atoms with Crippen LogP contribution in [-0.4, -0.2) is 78.5 Å². The van der Waals surface area contributed by atoms with Crippen LogP contribution in [0.3, 0.4) is 0 Å². The number of ether oxygens (including phenoxy) is 1. The number of hydrogen-bond donors (Lipinski definition) is 1. The van der Waals surface area contributed by atoms with Gasteiger partial charge in [0.1, 0.15) is 5.82 Å². The molecular weight excluding hydrogens is 532 g/mol. The molecule has 0 aliphatic carbocycles. The molecule has 40 heavy (non-hydrogen) atoms. The molecule has 2 atom stereocenters. The lowest BCUT2D eigenvalue weighted by Crippen LogP contribution is -2.56. The predicted octanol–water partition coefficient (Wildman–Crippen LogP) is 4.20. The molecule has 0 saturated carbocycles. The van der Waals surface area contributed by atoms with Crippen LogP contribution in [0.5, 0.6) is 0 Å². The zero-order valence-corrected chi connectivity index (χ0v) is 22.3. The van der Waals surface area contributed by atoms with Gasteiger partial charge in [-0.15, -0.1) is 0 Å². The van der Waals surface area contributed by atoms with E-state index in [1.165, 1.54) is 42.3 Å². The topological polar surface area (TPSA) is 82.2 Å². The molecule has 1 fully saturated rings. The van der Waals surface area contributed by atoms with Crippen LogP contribution in [0.25, 0.3) is 0 Å². The molecule has 0 aromatic heterocycles. The largest absolute Gasteiger partial charge is 0.463 e. The minimum atomic E-state index is -4.49. The number of hydrogen-bond acceptors (Lipinski definition) is 5. The number of carbonyl (C=O) groups excluding carboxylic acids is 3. The fourth-order valence-electron chi connectivity index (χ4n) is 4.99. The van der Waals surface area contributed by atoms with E-state index < -0.39 is 35.6 Å². The Balaban J connectivity index is 1.56. The van der Waals surface area contributed by atoms with Crippen LogP contribution < -0.4 is 5.32 Å². The molecule has 2 aromatic carbocycles. The van der Waals surface area contributed by atoms with Gasteiger partial charge in [0.15, 0.2) is 0 Å². The molecule has 8 nitrogen and oxygen atoms in total. The molecule has 2 aromatic rings. The van der Waals surface area contributed by atoms with Gasteiger partial charge in [-0.2, -0.15) is 13.2 Å². The van der Waals surface area contributed by atoms with Gasteiger partial charge < -0.3 is 15.0 Å². The molecule has 1 saturated heterocycles. The average Bonchev–Trinajstić information content (AvgIpc) is 2.90. The second-order valence-corrected chi connectivity index (χ2v) is 9.74. The molecular formula is C28H30F4N4O4. The number of piperazine rings is 1. The van der Waals surface area contributed by atoms with Crippen LogP contribution in [0.1, 0.15) is 41.4 Å². The van der Waals surface area contributed by atoms with Crippen LogP contribution in [-0.2, 0) is 15.7 Å². The second kappa shape index (κ2) is 11.7. The normalized spacial score (nSPS) is 20.4. The van der Waals surface area contributed by atoms with E-state index in [1.54, 1.807) is 17.9 Å². The number of halogens is 4. The summed E-state index contributed by atoms with van der Waals surface area (Å²) in [6.45, 7) is 4.81. The Labute approximate surface area is 229 Å². The Morgan fingerprint density at radius 3 is 2.40 bits per heavy atom. The van der Waals surface area contributed by atoms with E-state index in [2.05, 4.69) is 5.32 Å². The van der Waals surface area contributed by atoms with Gasteiger partial charge >= 0.3 is 18.2 Å². The Morgan fingerprint density at radius 1 is 1.10 bits per heavy atom. The number of rotatable bonds is 6. The lowest BCUT2D eigenvalue weighted by molar-refractivity contribution is -0.139. The average molecular weight is 563 g/mol. The standard InChI is InChI=1S/C28H30F4N4O4/c1-4-40-26(38)23-22(34(3)27(39)33-24(23)19-6-5-7-21(29)14-19)16-35-12-13-36(17(2)15-35)25(37)18-8-10-20(11-9-18)28(30,31)32/h5-11,14,17,24H,4,12-13,15-16H2,1-3H3,(H,33,39)/t17-,24-/m1/s1. The fraction of sp³-hybridized carbons (Fsp3) is 0.393. The lowest BCUT2D eigenvalue weighted by Gasteiger charge is -2.42. The summed E-state index contributed by atoms with van der Waals surface area (Å²) < 4.78 is 58.1. The first-order valence-electron chi connectivity index (χ1n) is 12.8. The van der Waals surface area contributed by atoms with Crippen LogP contribution >= 0.6 is 0 Å². The van der Waals surface area contributed by atoms with Gasteiger partial charge in [0.25, 0.3) is 5.91 Å². The molecule has 2 aliphatic rings. The van der Waals surface area contributed by atoms with E-state index in [-0.39, 0.29) is 42.8 Å². The van der Waals surface area contributed by atoms with Crippen molar-refractivity contribution in [1.82, 2.24) is 20.0 Å².